The Bertz CT molecular complexity index is 383. The lowest BCUT2D eigenvalue weighted by Crippen LogP contribution is -2.04. The third kappa shape index (κ3) is 1.62. The van der Waals surface area contributed by atoms with Gasteiger partial charge in [0.1, 0.15) is 4.47 Å². The fourth-order valence-corrected chi connectivity index (χ4v) is 1.73. The number of ketones is 1. The summed E-state index contributed by atoms with van der Waals surface area (Å²) in [6.45, 7) is 1.37. The molecule has 0 aliphatic rings. The molecule has 0 radical (unpaired) electrons. The normalized spacial score (nSPS) is 10.1. The van der Waals surface area contributed by atoms with Crippen molar-refractivity contribution in [3.63, 3.8) is 0 Å². The van der Waals surface area contributed by atoms with E-state index in [0.717, 1.165) is 0 Å². The van der Waals surface area contributed by atoms with Crippen molar-refractivity contribution in [3.8, 4) is 0 Å². The molecule has 0 amide bonds. The molecule has 0 bridgehead atoms. The highest BCUT2D eigenvalue weighted by molar-refractivity contribution is 9.10. The Hall–Kier alpha value is -1.17. The molecule has 0 atom stereocenters. The minimum Gasteiger partial charge on any atom is -0.358 e. The number of aromatic nitrogens is 1. The van der Waals surface area contributed by atoms with Crippen molar-refractivity contribution in [2.75, 3.05) is 0 Å². The van der Waals surface area contributed by atoms with Crippen LogP contribution in [0.1, 0.15) is 17.4 Å². The van der Waals surface area contributed by atoms with E-state index in [0.29, 0.717) is 10.2 Å². The van der Waals surface area contributed by atoms with E-state index in [4.69, 9.17) is 0 Å². The summed E-state index contributed by atoms with van der Waals surface area (Å²) in [5.41, 5.74) is 0.318. The molecule has 0 N–H and O–H groups in total. The van der Waals surface area contributed by atoms with E-state index in [9.17, 15) is 14.9 Å². The van der Waals surface area contributed by atoms with Gasteiger partial charge in [-0.3, -0.25) is 4.79 Å². The molecule has 0 aliphatic heterocycles. The van der Waals surface area contributed by atoms with E-state index in [2.05, 4.69) is 15.9 Å². The van der Waals surface area contributed by atoms with Gasteiger partial charge in [0.15, 0.2) is 11.5 Å². The molecule has 0 saturated carbocycles. The highest BCUT2D eigenvalue weighted by Crippen LogP contribution is 2.27. The fourth-order valence-electron chi connectivity index (χ4n) is 1.10. The van der Waals surface area contributed by atoms with E-state index < -0.39 is 4.92 Å². The Morgan fingerprint density at radius 3 is 2.46 bits per heavy atom. The Kier molecular flexibility index (Phi) is 2.51. The van der Waals surface area contributed by atoms with Crippen LogP contribution >= 0.6 is 15.9 Å². The van der Waals surface area contributed by atoms with Crippen LogP contribution in [0.5, 0.6) is 0 Å². The molecule has 1 rings (SSSR count). The predicted octanol–water partition coefficient (Wildman–Crippen LogP) is 1.90. The summed E-state index contributed by atoms with van der Waals surface area (Å²) in [4.78, 5) is 21.0. The number of hydrogen-bond donors (Lipinski definition) is 0. The third-order valence-electron chi connectivity index (χ3n) is 1.69. The van der Waals surface area contributed by atoms with Gasteiger partial charge >= 0.3 is 5.82 Å². The average molecular weight is 247 g/mol. The zero-order valence-electron chi connectivity index (χ0n) is 7.07. The summed E-state index contributed by atoms with van der Waals surface area (Å²) < 4.78 is 1.58. The second-order valence-corrected chi connectivity index (χ2v) is 3.43. The zero-order valence-corrected chi connectivity index (χ0v) is 8.66. The summed E-state index contributed by atoms with van der Waals surface area (Å²) >= 11 is 3.02. The largest absolute Gasteiger partial charge is 0.358 e. The number of rotatable bonds is 2. The van der Waals surface area contributed by atoms with E-state index in [1.165, 1.54) is 24.6 Å². The molecular formula is C7H7BrN2O3. The maximum Gasteiger partial charge on any atom is 0.337 e. The Labute approximate surface area is 82.6 Å². The Morgan fingerprint density at radius 2 is 2.23 bits per heavy atom. The average Bonchev–Trinajstić information content (AvgIpc) is 2.26. The highest BCUT2D eigenvalue weighted by Gasteiger charge is 2.22. The van der Waals surface area contributed by atoms with Crippen LogP contribution in [-0.2, 0) is 7.05 Å². The molecule has 5 nitrogen and oxygen atoms in total. The predicted molar refractivity (Wildman–Crippen MR) is 49.8 cm³/mol. The first kappa shape index (κ1) is 9.91. The summed E-state index contributed by atoms with van der Waals surface area (Å²) in [7, 11) is 1.49. The number of Topliss-reactive ketones (excluding diaryl/α,β-unsaturated/α-hetero) is 1. The number of carbonyl (C=O) groups is 1. The topological polar surface area (TPSA) is 65.1 Å². The van der Waals surface area contributed by atoms with Gasteiger partial charge in [-0.15, -0.1) is 0 Å². The first-order valence-corrected chi connectivity index (χ1v) is 4.25. The lowest BCUT2D eigenvalue weighted by atomic mass is 10.3. The molecule has 0 aliphatic carbocycles. The number of nitro groups is 1. The maximum atomic E-state index is 11.0. The van der Waals surface area contributed by atoms with Crippen LogP contribution in [0.25, 0.3) is 0 Å². The van der Waals surface area contributed by atoms with Gasteiger partial charge in [0.05, 0.1) is 7.05 Å². The molecule has 6 heteroatoms. The molecule has 1 aromatic rings. The molecule has 0 fully saturated rings. The molecule has 0 spiro atoms. The number of nitrogens with zero attached hydrogens (tertiary/aromatic N) is 2. The van der Waals surface area contributed by atoms with Crippen molar-refractivity contribution in [1.82, 2.24) is 4.57 Å². The van der Waals surface area contributed by atoms with Crippen LogP contribution in [0, 0.1) is 10.1 Å². The van der Waals surface area contributed by atoms with Crippen molar-refractivity contribution < 1.29 is 9.72 Å². The maximum absolute atomic E-state index is 11.0. The first-order valence-electron chi connectivity index (χ1n) is 3.45. The Balaban J connectivity index is 3.39. The van der Waals surface area contributed by atoms with Crippen LogP contribution < -0.4 is 0 Å². The van der Waals surface area contributed by atoms with Gasteiger partial charge in [-0.25, -0.2) is 4.57 Å². The van der Waals surface area contributed by atoms with E-state index in [1.807, 2.05) is 0 Å². The van der Waals surface area contributed by atoms with E-state index in [1.54, 1.807) is 0 Å². The summed E-state index contributed by atoms with van der Waals surface area (Å²) in [6.07, 6.45) is 0. The van der Waals surface area contributed by atoms with Gasteiger partial charge in [-0.1, -0.05) is 0 Å². The van der Waals surface area contributed by atoms with Gasteiger partial charge in [0.25, 0.3) is 0 Å². The fraction of sp³-hybridized carbons (Fsp3) is 0.286. The van der Waals surface area contributed by atoms with Crippen molar-refractivity contribution in [2.24, 2.45) is 7.05 Å². The van der Waals surface area contributed by atoms with Crippen LogP contribution in [0.15, 0.2) is 10.5 Å². The molecule has 13 heavy (non-hydrogen) atoms. The van der Waals surface area contributed by atoms with Crippen LogP contribution in [0.4, 0.5) is 5.82 Å². The summed E-state index contributed by atoms with van der Waals surface area (Å²) in [6, 6.07) is 1.44. The SMILES string of the molecule is CC(=O)c1cc(Br)c([N+](=O)[O-])n1C. The van der Waals surface area contributed by atoms with Crippen molar-refractivity contribution in [1.29, 1.82) is 0 Å². The lowest BCUT2D eigenvalue weighted by Gasteiger charge is -1.96. The van der Waals surface area contributed by atoms with Crippen molar-refractivity contribution >= 4 is 27.5 Å². The van der Waals surface area contributed by atoms with Gasteiger partial charge < -0.3 is 10.1 Å². The second-order valence-electron chi connectivity index (χ2n) is 2.57. The Morgan fingerprint density at radius 1 is 1.69 bits per heavy atom. The molecule has 0 aromatic carbocycles. The number of hydrogen-bond acceptors (Lipinski definition) is 3. The van der Waals surface area contributed by atoms with Gasteiger partial charge in [0.2, 0.25) is 0 Å². The third-order valence-corrected chi connectivity index (χ3v) is 2.27. The lowest BCUT2D eigenvalue weighted by molar-refractivity contribution is -0.392. The molecule has 70 valence electrons. The zero-order chi connectivity index (χ0) is 10.2. The van der Waals surface area contributed by atoms with E-state index >= 15 is 0 Å². The van der Waals surface area contributed by atoms with Gasteiger partial charge in [-0.2, -0.15) is 0 Å². The molecular weight excluding hydrogens is 240 g/mol. The molecule has 0 saturated heterocycles. The summed E-state index contributed by atoms with van der Waals surface area (Å²) in [5, 5.41) is 10.5. The molecule has 1 heterocycles. The minimum atomic E-state index is -0.531. The molecule has 1 aromatic heterocycles. The second kappa shape index (κ2) is 3.29. The standard InChI is InChI=1S/C7H7BrN2O3/c1-4(11)6-3-5(8)7(9(6)2)10(12)13/h3H,1-2H3. The monoisotopic (exact) mass is 246 g/mol. The van der Waals surface area contributed by atoms with Crippen LogP contribution in [0.3, 0.4) is 0 Å². The van der Waals surface area contributed by atoms with Crippen molar-refractivity contribution in [2.45, 2.75) is 6.92 Å². The number of halogens is 1. The quantitative estimate of drug-likeness (QED) is 0.455. The molecule has 0 unspecified atom stereocenters. The summed E-state index contributed by atoms with van der Waals surface area (Å²) in [5.74, 6) is -0.304. The minimum absolute atomic E-state index is 0.106. The first-order chi connectivity index (χ1) is 5.95. The highest BCUT2D eigenvalue weighted by atomic mass is 79.9. The van der Waals surface area contributed by atoms with Crippen LogP contribution in [-0.4, -0.2) is 15.3 Å². The van der Waals surface area contributed by atoms with E-state index in [-0.39, 0.29) is 11.6 Å². The van der Waals surface area contributed by atoms with Crippen LogP contribution in [0.2, 0.25) is 0 Å². The smallest absolute Gasteiger partial charge is 0.337 e. The van der Waals surface area contributed by atoms with Crippen molar-refractivity contribution in [3.05, 3.63) is 26.3 Å². The number of carbonyl (C=O) groups excluding carboxylic acids is 1. The van der Waals surface area contributed by atoms with Gasteiger partial charge in [0, 0.05) is 13.0 Å². The van der Waals surface area contributed by atoms with Gasteiger partial charge in [-0.05, 0) is 20.9 Å².